The summed E-state index contributed by atoms with van der Waals surface area (Å²) in [5, 5.41) is 0.705. The summed E-state index contributed by atoms with van der Waals surface area (Å²) in [4.78, 5) is 6.76. The van der Waals surface area contributed by atoms with E-state index in [1.165, 1.54) is 12.8 Å². The van der Waals surface area contributed by atoms with Gasteiger partial charge in [-0.15, -0.1) is 0 Å². The predicted molar refractivity (Wildman–Crippen MR) is 64.5 cm³/mol. The monoisotopic (exact) mass is 224 g/mol. The van der Waals surface area contributed by atoms with Gasteiger partial charge in [-0.25, -0.2) is 4.98 Å². The Morgan fingerprint density at radius 3 is 2.87 bits per heavy atom. The highest BCUT2D eigenvalue weighted by molar-refractivity contribution is 6.30. The average molecular weight is 225 g/mol. The van der Waals surface area contributed by atoms with Crippen LogP contribution < -0.4 is 4.90 Å². The van der Waals surface area contributed by atoms with Crippen LogP contribution in [0.15, 0.2) is 18.3 Å². The number of pyridine rings is 1. The standard InChI is InChI=1S/C12H17ClN2/c1-9-4-3-7-15(10(9)2)12-6-5-11(13)8-14-12/h5-6,8-10H,3-4,7H2,1-2H3. The number of hydrogen-bond donors (Lipinski definition) is 0. The molecule has 0 aromatic carbocycles. The third-order valence-electron chi connectivity index (χ3n) is 3.38. The molecule has 2 atom stereocenters. The van der Waals surface area contributed by atoms with E-state index >= 15 is 0 Å². The molecule has 1 aliphatic heterocycles. The van der Waals surface area contributed by atoms with E-state index in [2.05, 4.69) is 23.7 Å². The zero-order valence-corrected chi connectivity index (χ0v) is 10.0. The Morgan fingerprint density at radius 2 is 2.20 bits per heavy atom. The molecule has 2 rings (SSSR count). The Morgan fingerprint density at radius 1 is 1.40 bits per heavy atom. The Balaban J connectivity index is 2.18. The minimum absolute atomic E-state index is 0.576. The highest BCUT2D eigenvalue weighted by Gasteiger charge is 2.25. The number of aromatic nitrogens is 1. The third kappa shape index (κ3) is 2.25. The maximum Gasteiger partial charge on any atom is 0.128 e. The van der Waals surface area contributed by atoms with E-state index in [1.807, 2.05) is 12.1 Å². The summed E-state index contributed by atoms with van der Waals surface area (Å²) in [6.45, 7) is 5.70. The largest absolute Gasteiger partial charge is 0.354 e. The normalized spacial score (nSPS) is 26.7. The summed E-state index contributed by atoms with van der Waals surface area (Å²) in [7, 11) is 0. The van der Waals surface area contributed by atoms with Gasteiger partial charge in [-0.2, -0.15) is 0 Å². The molecule has 0 radical (unpaired) electrons. The van der Waals surface area contributed by atoms with Gasteiger partial charge in [-0.1, -0.05) is 18.5 Å². The molecule has 15 heavy (non-hydrogen) atoms. The van der Waals surface area contributed by atoms with Crippen LogP contribution in [0.3, 0.4) is 0 Å². The first-order valence-corrected chi connectivity index (χ1v) is 5.94. The fraction of sp³-hybridized carbons (Fsp3) is 0.583. The van der Waals surface area contributed by atoms with Gasteiger partial charge in [0.2, 0.25) is 0 Å². The van der Waals surface area contributed by atoms with Crippen LogP contribution in [0.4, 0.5) is 5.82 Å². The van der Waals surface area contributed by atoms with E-state index in [0.29, 0.717) is 11.1 Å². The van der Waals surface area contributed by atoms with Crippen LogP contribution in [-0.2, 0) is 0 Å². The Bertz CT molecular complexity index is 323. The van der Waals surface area contributed by atoms with Crippen LogP contribution >= 0.6 is 11.6 Å². The first-order chi connectivity index (χ1) is 7.18. The summed E-state index contributed by atoms with van der Waals surface area (Å²) in [6.07, 6.45) is 4.31. The van der Waals surface area contributed by atoms with Gasteiger partial charge in [-0.3, -0.25) is 0 Å². The van der Waals surface area contributed by atoms with Crippen molar-refractivity contribution in [2.45, 2.75) is 32.7 Å². The number of piperidine rings is 1. The van der Waals surface area contributed by atoms with Gasteiger partial charge in [0.05, 0.1) is 5.02 Å². The lowest BCUT2D eigenvalue weighted by molar-refractivity contribution is 0.361. The molecule has 2 unspecified atom stereocenters. The molecule has 2 heterocycles. The molecule has 1 aromatic rings. The topological polar surface area (TPSA) is 16.1 Å². The third-order valence-corrected chi connectivity index (χ3v) is 3.60. The number of hydrogen-bond acceptors (Lipinski definition) is 2. The number of halogens is 1. The van der Waals surface area contributed by atoms with E-state index in [1.54, 1.807) is 6.20 Å². The minimum Gasteiger partial charge on any atom is -0.354 e. The minimum atomic E-state index is 0.576. The zero-order chi connectivity index (χ0) is 10.8. The first kappa shape index (κ1) is 10.7. The summed E-state index contributed by atoms with van der Waals surface area (Å²) in [6, 6.07) is 4.50. The van der Waals surface area contributed by atoms with Gasteiger partial charge in [0.1, 0.15) is 5.82 Å². The summed E-state index contributed by atoms with van der Waals surface area (Å²) < 4.78 is 0. The smallest absolute Gasteiger partial charge is 0.128 e. The van der Waals surface area contributed by atoms with E-state index in [0.717, 1.165) is 18.3 Å². The van der Waals surface area contributed by atoms with Crippen molar-refractivity contribution in [2.24, 2.45) is 5.92 Å². The van der Waals surface area contributed by atoms with Gasteiger partial charge in [0, 0.05) is 18.8 Å². The van der Waals surface area contributed by atoms with E-state index in [4.69, 9.17) is 11.6 Å². The second kappa shape index (κ2) is 4.40. The molecule has 0 N–H and O–H groups in total. The Hall–Kier alpha value is -0.760. The van der Waals surface area contributed by atoms with Gasteiger partial charge < -0.3 is 4.90 Å². The molecular weight excluding hydrogens is 208 g/mol. The zero-order valence-electron chi connectivity index (χ0n) is 9.28. The van der Waals surface area contributed by atoms with Crippen LogP contribution in [0.5, 0.6) is 0 Å². The molecule has 0 bridgehead atoms. The van der Waals surface area contributed by atoms with E-state index < -0.39 is 0 Å². The van der Waals surface area contributed by atoms with Crippen molar-refractivity contribution in [2.75, 3.05) is 11.4 Å². The Kier molecular flexibility index (Phi) is 3.15. The summed E-state index contributed by atoms with van der Waals surface area (Å²) in [5.41, 5.74) is 0. The second-order valence-corrected chi connectivity index (χ2v) is 4.82. The highest BCUT2D eigenvalue weighted by atomic mass is 35.5. The fourth-order valence-electron chi connectivity index (χ4n) is 2.20. The van der Waals surface area contributed by atoms with E-state index in [-0.39, 0.29) is 0 Å². The average Bonchev–Trinajstić information content (AvgIpc) is 2.24. The molecule has 1 fully saturated rings. The van der Waals surface area contributed by atoms with Crippen molar-refractivity contribution in [1.82, 2.24) is 4.98 Å². The lowest BCUT2D eigenvalue weighted by atomic mass is 9.92. The van der Waals surface area contributed by atoms with Crippen molar-refractivity contribution in [3.63, 3.8) is 0 Å². The van der Waals surface area contributed by atoms with Crippen molar-refractivity contribution >= 4 is 17.4 Å². The van der Waals surface area contributed by atoms with Crippen LogP contribution in [-0.4, -0.2) is 17.6 Å². The van der Waals surface area contributed by atoms with Gasteiger partial charge in [0.15, 0.2) is 0 Å². The summed E-state index contributed by atoms with van der Waals surface area (Å²) in [5.74, 6) is 1.80. The number of rotatable bonds is 1. The maximum absolute atomic E-state index is 5.83. The Labute approximate surface area is 96.3 Å². The SMILES string of the molecule is CC1CCCN(c2ccc(Cl)cn2)C1C. The molecule has 2 nitrogen and oxygen atoms in total. The lowest BCUT2D eigenvalue weighted by Crippen LogP contribution is -2.42. The molecule has 0 aliphatic carbocycles. The molecule has 0 spiro atoms. The fourth-order valence-corrected chi connectivity index (χ4v) is 2.31. The van der Waals surface area contributed by atoms with Crippen molar-refractivity contribution in [3.8, 4) is 0 Å². The van der Waals surface area contributed by atoms with Crippen LogP contribution in [0.25, 0.3) is 0 Å². The molecule has 82 valence electrons. The highest BCUT2D eigenvalue weighted by Crippen LogP contribution is 2.27. The van der Waals surface area contributed by atoms with Crippen molar-refractivity contribution in [1.29, 1.82) is 0 Å². The molecule has 0 amide bonds. The van der Waals surface area contributed by atoms with Gasteiger partial charge in [-0.05, 0) is 37.8 Å². The molecule has 3 heteroatoms. The van der Waals surface area contributed by atoms with Crippen molar-refractivity contribution < 1.29 is 0 Å². The molecule has 1 aromatic heterocycles. The summed E-state index contributed by atoms with van der Waals surface area (Å²) >= 11 is 5.83. The quantitative estimate of drug-likeness (QED) is 0.727. The first-order valence-electron chi connectivity index (χ1n) is 5.56. The van der Waals surface area contributed by atoms with E-state index in [9.17, 15) is 0 Å². The molecule has 1 saturated heterocycles. The van der Waals surface area contributed by atoms with Gasteiger partial charge >= 0.3 is 0 Å². The molecule has 1 aliphatic rings. The second-order valence-electron chi connectivity index (χ2n) is 4.39. The lowest BCUT2D eigenvalue weighted by Gasteiger charge is -2.38. The number of anilines is 1. The van der Waals surface area contributed by atoms with Crippen molar-refractivity contribution in [3.05, 3.63) is 23.4 Å². The maximum atomic E-state index is 5.83. The van der Waals surface area contributed by atoms with Crippen LogP contribution in [0.2, 0.25) is 5.02 Å². The molecular formula is C12H17ClN2. The molecule has 0 saturated carbocycles. The number of nitrogens with zero attached hydrogens (tertiary/aromatic N) is 2. The van der Waals surface area contributed by atoms with Crippen LogP contribution in [0.1, 0.15) is 26.7 Å². The van der Waals surface area contributed by atoms with Gasteiger partial charge in [0.25, 0.3) is 0 Å². The predicted octanol–water partition coefficient (Wildman–Crippen LogP) is 3.36. The van der Waals surface area contributed by atoms with Crippen LogP contribution in [0, 0.1) is 5.92 Å².